The molecular weight excluding hydrogens is 258 g/mol. The molecule has 3 heteroatoms. The van der Waals surface area contributed by atoms with Gasteiger partial charge in [0, 0.05) is 24.8 Å². The van der Waals surface area contributed by atoms with Gasteiger partial charge < -0.3 is 15.5 Å². The number of fused-ring (bicyclic) bond motifs is 1. The molecule has 0 saturated carbocycles. The maximum atomic E-state index is 5.66. The topological polar surface area (TPSA) is 32.5 Å². The molecule has 1 aromatic carbocycles. The molecule has 3 nitrogen and oxygen atoms in total. The molecule has 0 aliphatic carbocycles. The van der Waals surface area contributed by atoms with E-state index in [4.69, 9.17) is 5.73 Å². The minimum absolute atomic E-state index is 0.735. The second-order valence-electron chi connectivity index (χ2n) is 6.84. The van der Waals surface area contributed by atoms with Crippen LogP contribution in [0.2, 0.25) is 0 Å². The third kappa shape index (κ3) is 3.09. The van der Waals surface area contributed by atoms with Gasteiger partial charge in [-0.15, -0.1) is 0 Å². The molecule has 2 unspecified atom stereocenters. The maximum Gasteiger partial charge on any atom is 0.0396 e. The number of anilines is 1. The van der Waals surface area contributed by atoms with Gasteiger partial charge in [-0.3, -0.25) is 0 Å². The molecule has 1 aromatic rings. The fourth-order valence-corrected chi connectivity index (χ4v) is 4.27. The minimum Gasteiger partial charge on any atom is -0.371 e. The van der Waals surface area contributed by atoms with E-state index in [9.17, 15) is 0 Å². The van der Waals surface area contributed by atoms with Crippen LogP contribution in [-0.4, -0.2) is 44.2 Å². The largest absolute Gasteiger partial charge is 0.371 e. The molecule has 2 fully saturated rings. The second kappa shape index (κ2) is 6.37. The average molecular weight is 287 g/mol. The summed E-state index contributed by atoms with van der Waals surface area (Å²) in [5.41, 5.74) is 9.87. The molecule has 0 bridgehead atoms. The first kappa shape index (κ1) is 14.9. The van der Waals surface area contributed by atoms with Gasteiger partial charge >= 0.3 is 0 Å². The SMILES string of the molecule is Cc1cc(CCN)ccc1N1CCC2C(CCCN2C)C1. The third-order valence-electron chi connectivity index (χ3n) is 5.38. The first-order chi connectivity index (χ1) is 10.2. The molecule has 2 heterocycles. The Morgan fingerprint density at radius 1 is 1.24 bits per heavy atom. The Morgan fingerprint density at radius 3 is 2.86 bits per heavy atom. The predicted octanol–water partition coefficient (Wildman–Crippen LogP) is 2.42. The van der Waals surface area contributed by atoms with Gasteiger partial charge in [0.2, 0.25) is 0 Å². The first-order valence-electron chi connectivity index (χ1n) is 8.44. The van der Waals surface area contributed by atoms with Crippen LogP contribution in [0.15, 0.2) is 18.2 Å². The van der Waals surface area contributed by atoms with Gasteiger partial charge in [-0.2, -0.15) is 0 Å². The summed E-state index contributed by atoms with van der Waals surface area (Å²) in [6, 6.07) is 7.70. The summed E-state index contributed by atoms with van der Waals surface area (Å²) in [7, 11) is 2.30. The van der Waals surface area contributed by atoms with Crippen LogP contribution in [0.4, 0.5) is 5.69 Å². The van der Waals surface area contributed by atoms with Crippen LogP contribution in [0.25, 0.3) is 0 Å². The lowest BCUT2D eigenvalue weighted by atomic mass is 9.84. The normalized spacial score (nSPS) is 26.7. The van der Waals surface area contributed by atoms with Gasteiger partial charge in [0.05, 0.1) is 0 Å². The Balaban J connectivity index is 1.73. The highest BCUT2D eigenvalue weighted by Crippen LogP contribution is 2.33. The summed E-state index contributed by atoms with van der Waals surface area (Å²) in [6.07, 6.45) is 5.05. The monoisotopic (exact) mass is 287 g/mol. The van der Waals surface area contributed by atoms with E-state index in [2.05, 4.69) is 42.0 Å². The number of nitrogens with two attached hydrogens (primary N) is 1. The fraction of sp³-hybridized carbons (Fsp3) is 0.667. The van der Waals surface area contributed by atoms with Crippen LogP contribution in [0.5, 0.6) is 0 Å². The maximum absolute atomic E-state index is 5.66. The molecule has 21 heavy (non-hydrogen) atoms. The summed E-state index contributed by atoms with van der Waals surface area (Å²) in [5.74, 6) is 0.848. The molecule has 2 aliphatic rings. The Bertz CT molecular complexity index is 485. The van der Waals surface area contributed by atoms with E-state index >= 15 is 0 Å². The van der Waals surface area contributed by atoms with Crippen LogP contribution < -0.4 is 10.6 Å². The molecule has 3 rings (SSSR count). The zero-order valence-electron chi connectivity index (χ0n) is 13.5. The highest BCUT2D eigenvalue weighted by atomic mass is 15.2. The lowest BCUT2D eigenvalue weighted by Crippen LogP contribution is -2.52. The van der Waals surface area contributed by atoms with Gasteiger partial charge in [-0.1, -0.05) is 12.1 Å². The van der Waals surface area contributed by atoms with Crippen molar-refractivity contribution in [2.24, 2.45) is 11.7 Å². The summed E-state index contributed by atoms with van der Waals surface area (Å²) in [4.78, 5) is 5.20. The molecule has 0 spiro atoms. The smallest absolute Gasteiger partial charge is 0.0396 e. The average Bonchev–Trinajstić information content (AvgIpc) is 2.48. The van der Waals surface area contributed by atoms with E-state index in [1.807, 2.05) is 0 Å². The van der Waals surface area contributed by atoms with Gasteiger partial charge in [-0.25, -0.2) is 0 Å². The van der Waals surface area contributed by atoms with E-state index in [1.54, 1.807) is 0 Å². The van der Waals surface area contributed by atoms with Crippen LogP contribution in [0, 0.1) is 12.8 Å². The van der Waals surface area contributed by atoms with Crippen molar-refractivity contribution in [1.29, 1.82) is 0 Å². The van der Waals surface area contributed by atoms with Crippen molar-refractivity contribution in [3.63, 3.8) is 0 Å². The van der Waals surface area contributed by atoms with Crippen molar-refractivity contribution < 1.29 is 0 Å². The minimum atomic E-state index is 0.735. The van der Waals surface area contributed by atoms with Crippen molar-refractivity contribution in [1.82, 2.24) is 4.90 Å². The number of rotatable bonds is 3. The van der Waals surface area contributed by atoms with E-state index in [-0.39, 0.29) is 0 Å². The van der Waals surface area contributed by atoms with Crippen LogP contribution in [-0.2, 0) is 6.42 Å². The Kier molecular flexibility index (Phi) is 4.51. The standard InChI is InChI=1S/C18H29N3/c1-14-12-15(7-9-19)5-6-17(14)21-11-8-18-16(13-21)4-3-10-20(18)2/h5-6,12,16,18H,3-4,7-11,13,19H2,1-2H3. The van der Waals surface area contributed by atoms with Gasteiger partial charge in [0.15, 0.2) is 0 Å². The molecule has 2 atom stereocenters. The van der Waals surface area contributed by atoms with Crippen molar-refractivity contribution in [3.8, 4) is 0 Å². The third-order valence-corrected chi connectivity index (χ3v) is 5.38. The van der Waals surface area contributed by atoms with Gasteiger partial charge in [0.1, 0.15) is 0 Å². The predicted molar refractivity (Wildman–Crippen MR) is 89.9 cm³/mol. The fourth-order valence-electron chi connectivity index (χ4n) is 4.27. The Labute approximate surface area is 129 Å². The summed E-state index contributed by atoms with van der Waals surface area (Å²) >= 11 is 0. The molecule has 2 saturated heterocycles. The van der Waals surface area contributed by atoms with Crippen LogP contribution in [0.3, 0.4) is 0 Å². The lowest BCUT2D eigenvalue weighted by molar-refractivity contribution is 0.102. The van der Waals surface area contributed by atoms with Crippen molar-refractivity contribution in [3.05, 3.63) is 29.3 Å². The van der Waals surface area contributed by atoms with Crippen molar-refractivity contribution in [2.45, 2.75) is 38.6 Å². The number of aryl methyl sites for hydroxylation is 1. The highest BCUT2D eigenvalue weighted by molar-refractivity contribution is 5.55. The van der Waals surface area contributed by atoms with Crippen LogP contribution >= 0.6 is 0 Å². The number of piperidine rings is 2. The number of nitrogens with zero attached hydrogens (tertiary/aromatic N) is 2. The summed E-state index contributed by atoms with van der Waals surface area (Å²) < 4.78 is 0. The molecule has 2 aliphatic heterocycles. The summed E-state index contributed by atoms with van der Waals surface area (Å²) in [6.45, 7) is 6.69. The number of benzene rings is 1. The van der Waals surface area contributed by atoms with E-state index < -0.39 is 0 Å². The van der Waals surface area contributed by atoms with Crippen molar-refractivity contribution in [2.75, 3.05) is 38.1 Å². The van der Waals surface area contributed by atoms with E-state index in [0.717, 1.165) is 24.9 Å². The van der Waals surface area contributed by atoms with Crippen molar-refractivity contribution >= 4 is 5.69 Å². The van der Waals surface area contributed by atoms with E-state index in [1.165, 1.54) is 55.7 Å². The Morgan fingerprint density at radius 2 is 2.10 bits per heavy atom. The van der Waals surface area contributed by atoms with E-state index in [0.29, 0.717) is 0 Å². The molecule has 116 valence electrons. The molecule has 2 N–H and O–H groups in total. The number of likely N-dealkylation sites (tertiary alicyclic amines) is 1. The molecular formula is C18H29N3. The molecule has 0 aromatic heterocycles. The highest BCUT2D eigenvalue weighted by Gasteiger charge is 2.34. The Hall–Kier alpha value is -1.06. The zero-order valence-corrected chi connectivity index (χ0v) is 13.5. The van der Waals surface area contributed by atoms with Crippen LogP contribution in [0.1, 0.15) is 30.4 Å². The van der Waals surface area contributed by atoms with Gasteiger partial charge in [0.25, 0.3) is 0 Å². The quantitative estimate of drug-likeness (QED) is 0.926. The second-order valence-corrected chi connectivity index (χ2v) is 6.84. The lowest BCUT2D eigenvalue weighted by Gasteiger charge is -2.47. The summed E-state index contributed by atoms with van der Waals surface area (Å²) in [5, 5.41) is 0. The molecule has 0 amide bonds. The first-order valence-corrected chi connectivity index (χ1v) is 8.44. The van der Waals surface area contributed by atoms with Gasteiger partial charge in [-0.05, 0) is 75.9 Å². The zero-order chi connectivity index (χ0) is 14.8. The number of hydrogen-bond donors (Lipinski definition) is 1. The number of hydrogen-bond acceptors (Lipinski definition) is 3. The molecule has 0 radical (unpaired) electrons.